The Morgan fingerprint density at radius 1 is 0.613 bits per heavy atom. The fourth-order valence-corrected chi connectivity index (χ4v) is 4.06. The van der Waals surface area contributed by atoms with Crippen LogP contribution in [-0.2, 0) is 31.9 Å². The Morgan fingerprint density at radius 2 is 1.16 bits per heavy atom. The van der Waals surface area contributed by atoms with Crippen molar-refractivity contribution >= 4 is 0 Å². The number of rotatable bonds is 1. The van der Waals surface area contributed by atoms with Crippen molar-refractivity contribution in [3.05, 3.63) is 114 Å². The zero-order chi connectivity index (χ0) is 21.2. The van der Waals surface area contributed by atoms with Gasteiger partial charge in [-0.15, -0.1) is 47.5 Å². The first kappa shape index (κ1) is 23.2. The van der Waals surface area contributed by atoms with Crippen molar-refractivity contribution in [1.29, 1.82) is 0 Å². The second-order valence-corrected chi connectivity index (χ2v) is 8.66. The van der Waals surface area contributed by atoms with Crippen LogP contribution in [0.25, 0.3) is 22.4 Å². The monoisotopic (exact) mass is 583 g/mol. The van der Waals surface area contributed by atoms with Crippen LogP contribution in [0.4, 0.5) is 0 Å². The van der Waals surface area contributed by atoms with E-state index in [9.17, 15) is 0 Å². The molecule has 1 aliphatic carbocycles. The van der Waals surface area contributed by atoms with Crippen molar-refractivity contribution in [2.24, 2.45) is 0 Å². The maximum atomic E-state index is 4.59. The van der Waals surface area contributed by atoms with Gasteiger partial charge in [0.1, 0.15) is 0 Å². The first-order valence-electron chi connectivity index (χ1n) is 10.3. The van der Waals surface area contributed by atoms with Crippen LogP contribution in [0.3, 0.4) is 0 Å². The number of pyridine rings is 1. The first-order valence-corrected chi connectivity index (χ1v) is 10.3. The van der Waals surface area contributed by atoms with Gasteiger partial charge < -0.3 is 4.98 Å². The molecule has 0 N–H and O–H groups in total. The van der Waals surface area contributed by atoms with E-state index in [2.05, 4.69) is 69.1 Å². The topological polar surface area (TPSA) is 12.9 Å². The number of fused-ring (bicyclic) bond motifs is 3. The molecule has 3 aromatic carbocycles. The molecule has 0 bridgehead atoms. The summed E-state index contributed by atoms with van der Waals surface area (Å²) in [4.78, 5) is 4.59. The van der Waals surface area contributed by atoms with E-state index in [0.717, 1.165) is 22.4 Å². The third-order valence-electron chi connectivity index (χ3n) is 6.52. The SMILES string of the molecule is CC1(C)c2ccc[c-]c2-c2ncccc2C1(C)C.[Pt].[c-]1ccccc1-c1[c-]cccc1. The van der Waals surface area contributed by atoms with Gasteiger partial charge in [0, 0.05) is 27.3 Å². The first-order chi connectivity index (χ1) is 14.4. The largest absolute Gasteiger partial charge is 0.304 e. The van der Waals surface area contributed by atoms with Crippen molar-refractivity contribution in [1.82, 2.24) is 4.98 Å². The molecule has 4 aromatic rings. The van der Waals surface area contributed by atoms with Crippen molar-refractivity contribution < 1.29 is 21.1 Å². The second-order valence-electron chi connectivity index (χ2n) is 8.66. The molecular weight excluding hydrogens is 557 g/mol. The van der Waals surface area contributed by atoms with E-state index in [-0.39, 0.29) is 31.9 Å². The number of aromatic nitrogens is 1. The molecular formula is C29H26NPt-3. The van der Waals surface area contributed by atoms with Gasteiger partial charge in [-0.2, -0.15) is 48.5 Å². The molecule has 1 heterocycles. The van der Waals surface area contributed by atoms with Gasteiger partial charge in [0.25, 0.3) is 0 Å². The van der Waals surface area contributed by atoms with Gasteiger partial charge in [-0.25, -0.2) is 11.1 Å². The van der Waals surface area contributed by atoms with Crippen molar-refractivity contribution in [3.63, 3.8) is 0 Å². The number of nitrogens with zero attached hydrogens (tertiary/aromatic N) is 1. The summed E-state index contributed by atoms with van der Waals surface area (Å²) in [7, 11) is 0. The Morgan fingerprint density at radius 3 is 1.74 bits per heavy atom. The Labute approximate surface area is 200 Å². The Bertz CT molecular complexity index is 1040. The van der Waals surface area contributed by atoms with Gasteiger partial charge in [-0.3, -0.25) is 0 Å². The van der Waals surface area contributed by atoms with E-state index in [1.807, 2.05) is 66.9 Å². The van der Waals surface area contributed by atoms with Crippen molar-refractivity contribution in [3.8, 4) is 22.4 Å². The fraction of sp³-hybridized carbons (Fsp3) is 0.207. The third kappa shape index (κ3) is 4.30. The van der Waals surface area contributed by atoms with E-state index >= 15 is 0 Å². The van der Waals surface area contributed by atoms with E-state index in [1.165, 1.54) is 11.1 Å². The number of hydrogen-bond acceptors (Lipinski definition) is 1. The predicted molar refractivity (Wildman–Crippen MR) is 124 cm³/mol. The summed E-state index contributed by atoms with van der Waals surface area (Å²) in [5.41, 5.74) is 7.27. The Hall–Kier alpha value is -2.50. The van der Waals surface area contributed by atoms with Gasteiger partial charge in [0.05, 0.1) is 0 Å². The second kappa shape index (κ2) is 9.33. The molecule has 0 amide bonds. The standard InChI is InChI=1S/C17H18N.C12H8.Pt/c1-16(2)13-9-6-5-8-12(13)15-14(17(16,3)4)10-7-11-18-15;1-3-7-11(8-4-1)12-9-5-2-6-10-12;/h5-7,9-11H,1-4H3;1-7,9H;/q-1;-2;. The van der Waals surface area contributed by atoms with Gasteiger partial charge in [-0.1, -0.05) is 39.3 Å². The number of benzene rings is 3. The summed E-state index contributed by atoms with van der Waals surface area (Å²) in [6.07, 6.45) is 1.87. The van der Waals surface area contributed by atoms with Gasteiger partial charge in [-0.05, 0) is 22.6 Å². The van der Waals surface area contributed by atoms with E-state index in [4.69, 9.17) is 0 Å². The Kier molecular flexibility index (Phi) is 6.97. The van der Waals surface area contributed by atoms with Crippen LogP contribution in [-0.4, -0.2) is 4.98 Å². The molecule has 0 radical (unpaired) electrons. The molecule has 5 rings (SSSR count). The fourth-order valence-electron chi connectivity index (χ4n) is 4.06. The number of hydrogen-bond donors (Lipinski definition) is 0. The molecule has 0 unspecified atom stereocenters. The zero-order valence-corrected chi connectivity index (χ0v) is 20.6. The van der Waals surface area contributed by atoms with Crippen LogP contribution in [0.2, 0.25) is 0 Å². The smallest absolute Gasteiger partial charge is 0.0161 e. The molecule has 160 valence electrons. The minimum Gasteiger partial charge on any atom is -0.304 e. The van der Waals surface area contributed by atoms with Crippen LogP contribution in [0.15, 0.2) is 85.1 Å². The zero-order valence-electron chi connectivity index (χ0n) is 18.3. The summed E-state index contributed by atoms with van der Waals surface area (Å²) in [6, 6.07) is 36.0. The van der Waals surface area contributed by atoms with Gasteiger partial charge in [0.2, 0.25) is 0 Å². The summed E-state index contributed by atoms with van der Waals surface area (Å²) in [6.45, 7) is 9.25. The molecule has 0 saturated carbocycles. The van der Waals surface area contributed by atoms with Crippen LogP contribution in [0.1, 0.15) is 38.8 Å². The minimum absolute atomic E-state index is 0. The molecule has 0 spiro atoms. The summed E-state index contributed by atoms with van der Waals surface area (Å²) >= 11 is 0. The maximum absolute atomic E-state index is 4.59. The molecule has 2 heteroatoms. The van der Waals surface area contributed by atoms with Gasteiger partial charge >= 0.3 is 0 Å². The molecule has 0 saturated heterocycles. The third-order valence-corrected chi connectivity index (χ3v) is 6.52. The van der Waals surface area contributed by atoms with Crippen LogP contribution in [0.5, 0.6) is 0 Å². The summed E-state index contributed by atoms with van der Waals surface area (Å²) in [5.74, 6) is 0. The summed E-state index contributed by atoms with van der Waals surface area (Å²) in [5, 5.41) is 0. The quantitative estimate of drug-likeness (QED) is 0.219. The molecule has 1 aromatic heterocycles. The molecule has 31 heavy (non-hydrogen) atoms. The van der Waals surface area contributed by atoms with Crippen molar-refractivity contribution in [2.45, 2.75) is 38.5 Å². The van der Waals surface area contributed by atoms with Crippen LogP contribution in [0, 0.1) is 18.2 Å². The molecule has 0 atom stereocenters. The normalized spacial score (nSPS) is 14.7. The average molecular weight is 584 g/mol. The van der Waals surface area contributed by atoms with Gasteiger partial charge in [0.15, 0.2) is 0 Å². The molecule has 0 fully saturated rings. The molecule has 1 aliphatic rings. The maximum Gasteiger partial charge on any atom is 0.0161 e. The van der Waals surface area contributed by atoms with E-state index in [0.29, 0.717) is 0 Å². The Balaban J connectivity index is 0.000000183. The van der Waals surface area contributed by atoms with Crippen molar-refractivity contribution in [2.75, 3.05) is 0 Å². The molecule has 0 aliphatic heterocycles. The van der Waals surface area contributed by atoms with E-state index < -0.39 is 0 Å². The average Bonchev–Trinajstić information content (AvgIpc) is 2.80. The minimum atomic E-state index is 0. The molecule has 1 nitrogen and oxygen atoms in total. The predicted octanol–water partition coefficient (Wildman–Crippen LogP) is 7.07. The summed E-state index contributed by atoms with van der Waals surface area (Å²) < 4.78 is 0. The van der Waals surface area contributed by atoms with Crippen LogP contribution >= 0.6 is 0 Å². The van der Waals surface area contributed by atoms with E-state index in [1.54, 1.807) is 0 Å². The van der Waals surface area contributed by atoms with Crippen LogP contribution < -0.4 is 0 Å².